The van der Waals surface area contributed by atoms with Gasteiger partial charge in [0.1, 0.15) is 18.9 Å². The molecule has 0 aromatic heterocycles. The zero-order chi connectivity index (χ0) is 39.6. The Morgan fingerprint density at radius 3 is 2.04 bits per heavy atom. The highest BCUT2D eigenvalue weighted by molar-refractivity contribution is 6.15. The normalized spacial score (nSPS) is 16.3. The van der Waals surface area contributed by atoms with Gasteiger partial charge in [-0.3, -0.25) is 33.7 Å². The smallest absolute Gasteiger partial charge is 0.312 e. The average molecular weight is 735 g/mol. The van der Waals surface area contributed by atoms with Crippen LogP contribution in [0.1, 0.15) is 39.2 Å². The third-order valence-corrected chi connectivity index (χ3v) is 7.08. The Hall–Kier alpha value is -5.20. The maximum absolute atomic E-state index is 12.2. The van der Waals surface area contributed by atoms with Gasteiger partial charge in [-0.2, -0.15) is 0 Å². The molecule has 2 heterocycles. The lowest BCUT2D eigenvalue weighted by Gasteiger charge is -2.22. The lowest BCUT2D eigenvalue weighted by Crippen LogP contribution is -2.47. The number of likely N-dealkylation sites (tertiary alicyclic amines) is 1. The molecule has 18 nitrogen and oxygen atoms in total. The van der Waals surface area contributed by atoms with Crippen molar-refractivity contribution in [1.29, 1.82) is 0 Å². The minimum Gasteiger partial charge on any atom is -0.463 e. The third kappa shape index (κ3) is 17.1. The van der Waals surface area contributed by atoms with Gasteiger partial charge in [0.25, 0.3) is 18.3 Å². The highest BCUT2D eigenvalue weighted by Crippen LogP contribution is 2.25. The number of rotatable bonds is 16. The van der Waals surface area contributed by atoms with Gasteiger partial charge in [0.05, 0.1) is 31.8 Å². The summed E-state index contributed by atoms with van der Waals surface area (Å²) < 4.78 is 9.64. The van der Waals surface area contributed by atoms with Crippen LogP contribution in [0.5, 0.6) is 0 Å². The molecule has 1 aromatic rings. The van der Waals surface area contributed by atoms with Crippen LogP contribution in [0, 0.1) is 5.92 Å². The number of benzene rings is 1. The molecule has 1 aromatic carbocycles. The van der Waals surface area contributed by atoms with E-state index in [1.54, 1.807) is 31.3 Å². The summed E-state index contributed by atoms with van der Waals surface area (Å²) in [7, 11) is 6.95. The predicted molar refractivity (Wildman–Crippen MR) is 192 cm³/mol. The van der Waals surface area contributed by atoms with Gasteiger partial charge in [-0.15, -0.1) is 0 Å². The van der Waals surface area contributed by atoms with Gasteiger partial charge in [-0.05, 0) is 51.2 Å². The molecular formula is C34H54N8O10. The maximum Gasteiger partial charge on any atom is 0.312 e. The van der Waals surface area contributed by atoms with Crippen LogP contribution in [-0.2, 0) is 49.6 Å². The van der Waals surface area contributed by atoms with Crippen LogP contribution < -0.4 is 32.3 Å². The minimum absolute atomic E-state index is 0.0625. The van der Waals surface area contributed by atoms with E-state index in [-0.39, 0.29) is 62.0 Å². The zero-order valence-electron chi connectivity index (χ0n) is 30.9. The van der Waals surface area contributed by atoms with Gasteiger partial charge in [-0.25, -0.2) is 4.79 Å². The van der Waals surface area contributed by atoms with Crippen LogP contribution >= 0.6 is 0 Å². The maximum atomic E-state index is 12.2. The molecule has 0 spiro atoms. The second kappa shape index (κ2) is 26.6. The van der Waals surface area contributed by atoms with E-state index in [0.29, 0.717) is 31.4 Å². The average Bonchev–Trinajstić information content (AvgIpc) is 3.59. The molecule has 52 heavy (non-hydrogen) atoms. The molecular weight excluding hydrogens is 680 g/mol. The number of nitrogens with two attached hydrogens (primary N) is 1. The summed E-state index contributed by atoms with van der Waals surface area (Å²) in [6.45, 7) is 7.17. The first kappa shape index (κ1) is 46.8. The summed E-state index contributed by atoms with van der Waals surface area (Å²) in [6, 6.07) is 4.98. The van der Waals surface area contributed by atoms with Crippen molar-refractivity contribution < 1.29 is 47.8 Å². The first-order valence-electron chi connectivity index (χ1n) is 16.5. The molecule has 0 saturated carbocycles. The van der Waals surface area contributed by atoms with E-state index in [2.05, 4.69) is 31.3 Å². The standard InChI is InChI=1S/C16H23N3O4.C12H14N2O5.C4H10N2O.C2H7N/c1-11(2)15(17-3)16(22)18-8-14(21)19-13-6-4-12(5-7-13)9-23-10-20;1-19-7-8-6-9(12(18)13(8)4-5-15)14-10(16)2-3-11(14)17;1-2-3-6-4(5)7;1-3-2/h4-7,10-11,15,17H,8-9H2,1-3H3,(H,18,22)(H,19,21);2-3,5,8-9H,4,6-7H2,1H3;2-3H2,1H3,(H3,5,6,7);3H,1-2H3. The quantitative estimate of drug-likeness (QED) is 0.0911. The highest BCUT2D eigenvalue weighted by atomic mass is 16.5. The van der Waals surface area contributed by atoms with Crippen molar-refractivity contribution in [2.24, 2.45) is 11.7 Å². The molecule has 0 aliphatic carbocycles. The van der Waals surface area contributed by atoms with Crippen molar-refractivity contribution in [2.75, 3.05) is 59.8 Å². The van der Waals surface area contributed by atoms with Gasteiger partial charge in [0, 0.05) is 37.9 Å². The van der Waals surface area contributed by atoms with Crippen molar-refractivity contribution in [3.63, 3.8) is 0 Å². The SMILES string of the molecule is CCCNC(N)=O.CNC.CNC(C(=O)NCC(=O)Nc1ccc(COC=O)cc1)C(C)C.COCC1CC(N2C(=O)C=CC2=O)C(=O)N1CC=O. The Morgan fingerprint density at radius 2 is 1.60 bits per heavy atom. The predicted octanol–water partition coefficient (Wildman–Crippen LogP) is -0.715. The number of carbonyl (C=O) groups excluding carboxylic acids is 8. The van der Waals surface area contributed by atoms with E-state index in [1.807, 2.05) is 34.9 Å². The van der Waals surface area contributed by atoms with Gasteiger partial charge in [0.15, 0.2) is 0 Å². The molecule has 290 valence electrons. The third-order valence-electron chi connectivity index (χ3n) is 7.08. The van der Waals surface area contributed by atoms with Crippen molar-refractivity contribution in [3.8, 4) is 0 Å². The van der Waals surface area contributed by atoms with Gasteiger partial charge < -0.3 is 51.5 Å². The second-order valence-electron chi connectivity index (χ2n) is 11.6. The molecule has 3 rings (SSSR count). The van der Waals surface area contributed by atoms with Crippen LogP contribution in [0.15, 0.2) is 36.4 Å². The Labute approximate surface area is 304 Å². The van der Waals surface area contributed by atoms with Crippen LogP contribution in [-0.4, -0.2) is 131 Å². The summed E-state index contributed by atoms with van der Waals surface area (Å²) >= 11 is 0. The molecule has 0 bridgehead atoms. The van der Waals surface area contributed by atoms with Gasteiger partial charge in [-0.1, -0.05) is 32.9 Å². The fourth-order valence-corrected chi connectivity index (χ4v) is 4.77. The topological polar surface area (TPSA) is 248 Å². The number of anilines is 1. The highest BCUT2D eigenvalue weighted by Gasteiger charge is 2.46. The van der Waals surface area contributed by atoms with Crippen molar-refractivity contribution >= 4 is 54.0 Å². The molecule has 0 radical (unpaired) electrons. The second-order valence-corrected chi connectivity index (χ2v) is 11.6. The monoisotopic (exact) mass is 734 g/mol. The molecule has 7 amide bonds. The number of aldehydes is 1. The van der Waals surface area contributed by atoms with Gasteiger partial charge >= 0.3 is 6.03 Å². The molecule has 18 heteroatoms. The summed E-state index contributed by atoms with van der Waals surface area (Å²) in [6.07, 6.45) is 4.13. The number of methoxy groups -OCH3 is 1. The van der Waals surface area contributed by atoms with Crippen LogP contribution in [0.4, 0.5) is 10.5 Å². The fraction of sp³-hybridized carbons (Fsp3) is 0.529. The van der Waals surface area contributed by atoms with Crippen molar-refractivity contribution in [1.82, 2.24) is 31.1 Å². The number of primary amides is 1. The summed E-state index contributed by atoms with van der Waals surface area (Å²) in [5.41, 5.74) is 6.15. The lowest BCUT2D eigenvalue weighted by atomic mass is 10.0. The van der Waals surface area contributed by atoms with Crippen molar-refractivity contribution in [3.05, 3.63) is 42.0 Å². The van der Waals surface area contributed by atoms with E-state index in [1.165, 1.54) is 12.0 Å². The molecule has 2 aliphatic heterocycles. The first-order chi connectivity index (χ1) is 24.8. The van der Waals surface area contributed by atoms with Crippen LogP contribution in [0.3, 0.4) is 0 Å². The van der Waals surface area contributed by atoms with E-state index < -0.39 is 23.9 Å². The summed E-state index contributed by atoms with van der Waals surface area (Å²) in [5, 5.41) is 13.4. The molecule has 3 atom stereocenters. The molecule has 1 fully saturated rings. The van der Waals surface area contributed by atoms with E-state index in [0.717, 1.165) is 29.0 Å². The molecule has 1 saturated heterocycles. The van der Waals surface area contributed by atoms with Gasteiger partial charge in [0.2, 0.25) is 17.7 Å². The largest absolute Gasteiger partial charge is 0.463 e. The lowest BCUT2D eigenvalue weighted by molar-refractivity contribution is -0.146. The Balaban J connectivity index is 0.000000802. The van der Waals surface area contributed by atoms with E-state index in [4.69, 9.17) is 10.5 Å². The number of nitrogens with zero attached hydrogens (tertiary/aromatic N) is 2. The first-order valence-corrected chi connectivity index (χ1v) is 16.5. The van der Waals surface area contributed by atoms with Crippen LogP contribution in [0.2, 0.25) is 0 Å². The number of urea groups is 1. The molecule has 3 unspecified atom stereocenters. The Kier molecular flexibility index (Phi) is 23.9. The number of ether oxygens (including phenoxy) is 2. The minimum atomic E-state index is -0.838. The summed E-state index contributed by atoms with van der Waals surface area (Å²) in [5.74, 6) is -1.77. The van der Waals surface area contributed by atoms with Crippen molar-refractivity contribution in [2.45, 2.75) is 58.3 Å². The molecule has 7 N–H and O–H groups in total. The zero-order valence-corrected chi connectivity index (χ0v) is 30.9. The number of hydrogen-bond donors (Lipinski definition) is 6. The number of hydrogen-bond acceptors (Lipinski definition) is 12. The van der Waals surface area contributed by atoms with E-state index >= 15 is 0 Å². The molecule has 2 aliphatic rings. The Morgan fingerprint density at radius 1 is 1.00 bits per heavy atom. The summed E-state index contributed by atoms with van der Waals surface area (Å²) in [4.78, 5) is 92.0. The van der Waals surface area contributed by atoms with Crippen LogP contribution in [0.25, 0.3) is 0 Å². The fourth-order valence-electron chi connectivity index (χ4n) is 4.77. The number of likely N-dealkylation sites (N-methyl/N-ethyl adjacent to an activating group) is 1. The Bertz CT molecular complexity index is 1320. The number of nitrogens with one attached hydrogen (secondary N) is 5. The number of carbonyl (C=O) groups is 8. The number of amides is 7. The van der Waals surface area contributed by atoms with E-state index in [9.17, 15) is 38.4 Å². The number of imide groups is 1.